The van der Waals surface area contributed by atoms with Gasteiger partial charge in [0, 0.05) is 12.2 Å². The number of thiazole rings is 1. The van der Waals surface area contributed by atoms with Gasteiger partial charge in [0.2, 0.25) is 0 Å². The minimum absolute atomic E-state index is 0.238. The first kappa shape index (κ1) is 56.3. The normalized spacial score (nSPS) is 23.6. The smallest absolute Gasteiger partial charge is 0.330 e. The van der Waals surface area contributed by atoms with Gasteiger partial charge in [0.05, 0.1) is 77.7 Å². The van der Waals surface area contributed by atoms with Crippen molar-refractivity contribution in [2.75, 3.05) is 26.4 Å². The Balaban J connectivity index is 0.831. The van der Waals surface area contributed by atoms with Crippen LogP contribution < -0.4 is 9.47 Å². The molecule has 7 rings (SSSR count). The van der Waals surface area contributed by atoms with Gasteiger partial charge in [-0.1, -0.05) is 25.3 Å². The summed E-state index contributed by atoms with van der Waals surface area (Å²) in [5.74, 6) is -4.41. The first-order valence-electron chi connectivity index (χ1n) is 26.6. The first-order chi connectivity index (χ1) is 36.4. The molecule has 3 aromatic rings. The zero-order chi connectivity index (χ0) is 53.1. The van der Waals surface area contributed by atoms with E-state index in [2.05, 4.69) is 13.2 Å². The van der Waals surface area contributed by atoms with Crippen LogP contribution in [0.3, 0.4) is 0 Å². The Morgan fingerprint density at radius 2 is 0.880 bits per heavy atom. The van der Waals surface area contributed by atoms with Gasteiger partial charge >= 0.3 is 47.8 Å². The summed E-state index contributed by atoms with van der Waals surface area (Å²) in [6.07, 6.45) is 12.2. The van der Waals surface area contributed by atoms with Crippen molar-refractivity contribution in [1.29, 1.82) is 0 Å². The Morgan fingerprint density at radius 1 is 0.480 bits per heavy atom. The molecule has 4 aliphatic carbocycles. The molecule has 0 unspecified atom stereocenters. The molecule has 0 N–H and O–H groups in total. The van der Waals surface area contributed by atoms with Crippen LogP contribution in [0.25, 0.3) is 20.8 Å². The van der Waals surface area contributed by atoms with Gasteiger partial charge in [-0.05, 0) is 159 Å². The van der Waals surface area contributed by atoms with Crippen molar-refractivity contribution in [1.82, 2.24) is 4.98 Å². The fourth-order valence-corrected chi connectivity index (χ4v) is 11.1. The van der Waals surface area contributed by atoms with Crippen LogP contribution in [0, 0.1) is 35.5 Å². The van der Waals surface area contributed by atoms with Gasteiger partial charge in [-0.15, -0.1) is 11.3 Å². The average molecular weight is 1060 g/mol. The lowest BCUT2D eigenvalue weighted by atomic mass is 9.82. The fraction of sp³-hybridized carbons (Fsp3) is 0.561. The van der Waals surface area contributed by atoms with Gasteiger partial charge in [-0.2, -0.15) is 0 Å². The predicted octanol–water partition coefficient (Wildman–Crippen LogP) is 9.70. The van der Waals surface area contributed by atoms with Crippen LogP contribution in [0.5, 0.6) is 11.5 Å². The van der Waals surface area contributed by atoms with Gasteiger partial charge < -0.3 is 37.9 Å². The van der Waals surface area contributed by atoms with Crippen LogP contribution in [0.4, 0.5) is 0 Å². The number of esters is 8. The van der Waals surface area contributed by atoms with E-state index in [1.165, 1.54) is 11.3 Å². The van der Waals surface area contributed by atoms with Crippen LogP contribution in [-0.2, 0) is 66.8 Å². The number of nitrogens with zero attached hydrogens (tertiary/aromatic N) is 1. The van der Waals surface area contributed by atoms with Crippen molar-refractivity contribution in [3.05, 3.63) is 67.8 Å². The van der Waals surface area contributed by atoms with Gasteiger partial charge in [0.15, 0.2) is 0 Å². The van der Waals surface area contributed by atoms with E-state index < -0.39 is 35.7 Å². The number of hydrogen-bond acceptors (Lipinski definition) is 18. The highest BCUT2D eigenvalue weighted by Gasteiger charge is 2.37. The molecule has 0 spiro atoms. The molecule has 1 heterocycles. The summed E-state index contributed by atoms with van der Waals surface area (Å²) in [6, 6.07) is 12.5. The standard InChI is InChI=1S/C57H69NO16S/c1-3-49(59)67-31-7-9-33-69-52(61)36-21-25-42(26-22-36)71-54(63)38-13-15-40(16-14-38)56(65)73-44-29-30-47(45(35-44)51-58-46-11-5-6-12-48(46)75-51)74-57(66)41-19-17-39(18-20-41)55(64)72-43-27-23-37(24-28-43)53(62)70-34-10-8-32-68-50(60)4-2/h3-6,11-12,29-30,35-43H,1-2,7-10,13-28,31-34H2. The summed E-state index contributed by atoms with van der Waals surface area (Å²) in [5, 5.41) is 0.583. The summed E-state index contributed by atoms with van der Waals surface area (Å²) in [5.41, 5.74) is 1.27. The molecule has 0 atom stereocenters. The fourth-order valence-electron chi connectivity index (χ4n) is 10.1. The summed E-state index contributed by atoms with van der Waals surface area (Å²) < 4.78 is 45.5. The summed E-state index contributed by atoms with van der Waals surface area (Å²) in [7, 11) is 0. The molecular formula is C57H69NO16S. The molecule has 17 nitrogen and oxygen atoms in total. The van der Waals surface area contributed by atoms with Gasteiger partial charge in [-0.25, -0.2) is 14.6 Å². The van der Waals surface area contributed by atoms with E-state index >= 15 is 0 Å². The molecule has 0 saturated heterocycles. The van der Waals surface area contributed by atoms with Gasteiger partial charge in [0.1, 0.15) is 28.7 Å². The van der Waals surface area contributed by atoms with Crippen molar-refractivity contribution >= 4 is 69.3 Å². The number of para-hydroxylation sites is 1. The maximum atomic E-state index is 13.8. The second kappa shape index (κ2) is 28.5. The Kier molecular flexibility index (Phi) is 21.4. The Morgan fingerprint density at radius 3 is 1.33 bits per heavy atom. The highest BCUT2D eigenvalue weighted by Crippen LogP contribution is 2.41. The Hall–Kier alpha value is -6.43. The van der Waals surface area contributed by atoms with Crippen LogP contribution in [0.1, 0.15) is 128 Å². The van der Waals surface area contributed by atoms with E-state index in [1.54, 1.807) is 18.2 Å². The minimum Gasteiger partial charge on any atom is -0.465 e. The summed E-state index contributed by atoms with van der Waals surface area (Å²) in [4.78, 5) is 106. The molecule has 75 heavy (non-hydrogen) atoms. The molecule has 4 saturated carbocycles. The van der Waals surface area contributed by atoms with E-state index in [1.807, 2.05) is 24.3 Å². The zero-order valence-corrected chi connectivity index (χ0v) is 43.4. The predicted molar refractivity (Wildman–Crippen MR) is 274 cm³/mol. The van der Waals surface area contributed by atoms with Gasteiger partial charge in [0.25, 0.3) is 0 Å². The summed E-state index contributed by atoms with van der Waals surface area (Å²) >= 11 is 1.42. The van der Waals surface area contributed by atoms with Crippen LogP contribution >= 0.6 is 11.3 Å². The third-order valence-electron chi connectivity index (χ3n) is 14.7. The summed E-state index contributed by atoms with van der Waals surface area (Å²) in [6.45, 7) is 7.67. The third-order valence-corrected chi connectivity index (χ3v) is 15.7. The highest BCUT2D eigenvalue weighted by molar-refractivity contribution is 7.21. The molecule has 4 aliphatic rings. The maximum absolute atomic E-state index is 13.8. The SMILES string of the molecule is C=CC(=O)OCCCCOC(=O)C1CCC(OC(=O)C2CCC(C(=O)Oc3ccc(OC(=O)C4CCC(C(=O)OC5CCC(C(=O)OCCCCOC(=O)C=C)CC5)CC4)c(-c4nc5ccccc5s4)c3)CC2)CC1. The molecule has 0 bridgehead atoms. The third kappa shape index (κ3) is 16.8. The second-order valence-electron chi connectivity index (χ2n) is 19.9. The van der Waals surface area contributed by atoms with Crippen molar-refractivity contribution < 1.29 is 76.3 Å². The lowest BCUT2D eigenvalue weighted by Gasteiger charge is -2.30. The molecule has 0 aliphatic heterocycles. The minimum atomic E-state index is -0.484. The van der Waals surface area contributed by atoms with Crippen LogP contribution in [0.2, 0.25) is 0 Å². The van der Waals surface area contributed by atoms with Crippen LogP contribution in [-0.4, -0.2) is 91.4 Å². The molecule has 1 aromatic heterocycles. The first-order valence-corrected chi connectivity index (χ1v) is 27.4. The molecule has 0 radical (unpaired) electrons. The molecule has 2 aromatic carbocycles. The van der Waals surface area contributed by atoms with E-state index in [0.29, 0.717) is 139 Å². The number of hydrogen-bond donors (Lipinski definition) is 0. The quantitative estimate of drug-likeness (QED) is 0.0283. The lowest BCUT2D eigenvalue weighted by molar-refractivity contribution is -0.161. The van der Waals surface area contributed by atoms with Crippen molar-refractivity contribution in [3.63, 3.8) is 0 Å². The zero-order valence-electron chi connectivity index (χ0n) is 42.6. The number of unbranched alkanes of at least 4 members (excludes halogenated alkanes) is 2. The molecular weight excluding hydrogens is 987 g/mol. The lowest BCUT2D eigenvalue weighted by Crippen LogP contribution is -2.33. The Bertz CT molecular complexity index is 2450. The maximum Gasteiger partial charge on any atom is 0.330 e. The van der Waals surface area contributed by atoms with Crippen LogP contribution in [0.15, 0.2) is 67.8 Å². The number of carbonyl (C=O) groups is 8. The average Bonchev–Trinajstić information content (AvgIpc) is 3.88. The number of rotatable bonds is 23. The Labute approximate surface area is 441 Å². The number of aromatic nitrogens is 1. The second-order valence-corrected chi connectivity index (χ2v) is 20.9. The van der Waals surface area contributed by atoms with Crippen molar-refractivity contribution in [2.24, 2.45) is 35.5 Å². The number of carbonyl (C=O) groups excluding carboxylic acids is 8. The topological polar surface area (TPSA) is 223 Å². The monoisotopic (exact) mass is 1060 g/mol. The molecule has 4 fully saturated rings. The van der Waals surface area contributed by atoms with Crippen molar-refractivity contribution in [3.8, 4) is 22.1 Å². The molecule has 0 amide bonds. The van der Waals surface area contributed by atoms with E-state index in [4.69, 9.17) is 42.9 Å². The van der Waals surface area contributed by atoms with Gasteiger partial charge in [-0.3, -0.25) is 28.8 Å². The highest BCUT2D eigenvalue weighted by atomic mass is 32.1. The number of ether oxygens (including phenoxy) is 8. The van der Waals surface area contributed by atoms with E-state index in [0.717, 1.165) is 22.4 Å². The van der Waals surface area contributed by atoms with E-state index in [9.17, 15) is 38.4 Å². The number of fused-ring (bicyclic) bond motifs is 1. The van der Waals surface area contributed by atoms with E-state index in [-0.39, 0.29) is 97.7 Å². The largest absolute Gasteiger partial charge is 0.465 e. The molecule has 18 heteroatoms. The molecule has 404 valence electrons. The number of benzene rings is 2. The van der Waals surface area contributed by atoms with Crippen molar-refractivity contribution in [2.45, 2.75) is 141 Å².